The molecular weight excluding hydrogens is 162 g/mol. The van der Waals surface area contributed by atoms with Gasteiger partial charge in [0.1, 0.15) is 0 Å². The molecule has 0 heterocycles. The molecule has 13 heavy (non-hydrogen) atoms. The minimum absolute atomic E-state index is 0.0978. The first kappa shape index (κ1) is 8.79. The fraction of sp³-hybridized carbons (Fsp3) is 0.727. The van der Waals surface area contributed by atoms with Gasteiger partial charge in [-0.1, -0.05) is 26.0 Å². The summed E-state index contributed by atoms with van der Waals surface area (Å²) < 4.78 is 0. The molecule has 72 valence electrons. The van der Waals surface area contributed by atoms with Crippen LogP contribution in [0.1, 0.15) is 26.7 Å². The standard InChI is InChI=1S/C11H17NO/c1-7(2)11(10(12)13)6-8-3-4-9(11)5-8/h3-4,7-9H,5-6H2,1-2H3,(H2,12,13)/t8-,9+,11-/m1/s1. The second kappa shape index (κ2) is 2.60. The third-order valence-corrected chi connectivity index (χ3v) is 3.92. The Bertz CT molecular complexity index is 269. The Morgan fingerprint density at radius 1 is 1.54 bits per heavy atom. The Morgan fingerprint density at radius 3 is 2.46 bits per heavy atom. The van der Waals surface area contributed by atoms with Crippen LogP contribution >= 0.6 is 0 Å². The molecule has 1 fully saturated rings. The molecule has 0 aromatic carbocycles. The maximum absolute atomic E-state index is 11.5. The lowest BCUT2D eigenvalue weighted by atomic mass is 9.67. The lowest BCUT2D eigenvalue weighted by Gasteiger charge is -2.36. The molecule has 2 aliphatic carbocycles. The molecule has 2 rings (SSSR count). The van der Waals surface area contributed by atoms with E-state index in [1.807, 2.05) is 0 Å². The van der Waals surface area contributed by atoms with Crippen molar-refractivity contribution >= 4 is 5.91 Å². The topological polar surface area (TPSA) is 43.1 Å². The highest BCUT2D eigenvalue weighted by Gasteiger charge is 2.53. The van der Waals surface area contributed by atoms with Crippen molar-refractivity contribution < 1.29 is 4.79 Å². The second-order valence-corrected chi connectivity index (χ2v) is 4.75. The number of primary amides is 1. The second-order valence-electron chi connectivity index (χ2n) is 4.75. The van der Waals surface area contributed by atoms with Crippen molar-refractivity contribution in [3.63, 3.8) is 0 Å². The Balaban J connectivity index is 2.36. The fourth-order valence-electron chi connectivity index (χ4n) is 3.12. The minimum Gasteiger partial charge on any atom is -0.369 e. The molecule has 2 nitrogen and oxygen atoms in total. The predicted molar refractivity (Wildman–Crippen MR) is 51.8 cm³/mol. The van der Waals surface area contributed by atoms with Crippen LogP contribution in [0, 0.1) is 23.2 Å². The summed E-state index contributed by atoms with van der Waals surface area (Å²) >= 11 is 0. The molecule has 0 aliphatic heterocycles. The van der Waals surface area contributed by atoms with Gasteiger partial charge in [-0.25, -0.2) is 0 Å². The van der Waals surface area contributed by atoms with Crippen molar-refractivity contribution in [2.45, 2.75) is 26.7 Å². The highest BCUT2D eigenvalue weighted by Crippen LogP contribution is 2.55. The van der Waals surface area contributed by atoms with E-state index in [1.165, 1.54) is 0 Å². The van der Waals surface area contributed by atoms with Crippen LogP contribution in [-0.2, 0) is 4.79 Å². The molecule has 0 radical (unpaired) electrons. The molecule has 2 aliphatic rings. The first-order valence-corrected chi connectivity index (χ1v) is 5.05. The van der Waals surface area contributed by atoms with Crippen LogP contribution in [0.4, 0.5) is 0 Å². The van der Waals surface area contributed by atoms with Crippen molar-refractivity contribution in [1.29, 1.82) is 0 Å². The van der Waals surface area contributed by atoms with E-state index in [0.29, 0.717) is 17.8 Å². The molecule has 0 aromatic heterocycles. The third kappa shape index (κ3) is 0.976. The minimum atomic E-state index is -0.237. The summed E-state index contributed by atoms with van der Waals surface area (Å²) in [6, 6.07) is 0. The number of rotatable bonds is 2. The first-order valence-electron chi connectivity index (χ1n) is 5.05. The summed E-state index contributed by atoms with van der Waals surface area (Å²) in [6.45, 7) is 4.22. The number of amides is 1. The van der Waals surface area contributed by atoms with E-state index in [1.54, 1.807) is 0 Å². The highest BCUT2D eigenvalue weighted by molar-refractivity contribution is 5.82. The molecule has 3 atom stereocenters. The van der Waals surface area contributed by atoms with Gasteiger partial charge >= 0.3 is 0 Å². The van der Waals surface area contributed by atoms with Gasteiger partial charge in [0, 0.05) is 0 Å². The molecule has 2 bridgehead atoms. The zero-order chi connectivity index (χ0) is 9.64. The largest absolute Gasteiger partial charge is 0.369 e. The average molecular weight is 179 g/mol. The number of nitrogens with two attached hydrogens (primary N) is 1. The molecule has 2 heteroatoms. The van der Waals surface area contributed by atoms with Gasteiger partial charge in [0.25, 0.3) is 0 Å². The van der Waals surface area contributed by atoms with E-state index in [4.69, 9.17) is 5.73 Å². The smallest absolute Gasteiger partial charge is 0.224 e. The number of fused-ring (bicyclic) bond motifs is 2. The quantitative estimate of drug-likeness (QED) is 0.644. The van der Waals surface area contributed by atoms with Crippen molar-refractivity contribution in [3.05, 3.63) is 12.2 Å². The number of carbonyl (C=O) groups is 1. The zero-order valence-electron chi connectivity index (χ0n) is 8.29. The summed E-state index contributed by atoms with van der Waals surface area (Å²) in [5.74, 6) is 1.29. The molecular formula is C11H17NO. The van der Waals surface area contributed by atoms with Crippen molar-refractivity contribution in [2.24, 2.45) is 28.9 Å². The van der Waals surface area contributed by atoms with Gasteiger partial charge in [-0.15, -0.1) is 0 Å². The highest BCUT2D eigenvalue weighted by atomic mass is 16.1. The number of hydrogen-bond acceptors (Lipinski definition) is 1. The summed E-state index contributed by atoms with van der Waals surface area (Å²) in [7, 11) is 0. The van der Waals surface area contributed by atoms with Crippen LogP contribution in [0.2, 0.25) is 0 Å². The van der Waals surface area contributed by atoms with Crippen LogP contribution in [0.25, 0.3) is 0 Å². The SMILES string of the molecule is CC(C)[C@]1(C(N)=O)C[C@@H]2C=C[C@H]1C2. The van der Waals surface area contributed by atoms with Gasteiger partial charge in [-0.05, 0) is 30.6 Å². The van der Waals surface area contributed by atoms with Gasteiger partial charge < -0.3 is 5.73 Å². The number of carbonyl (C=O) groups excluding carboxylic acids is 1. The van der Waals surface area contributed by atoms with E-state index < -0.39 is 0 Å². The third-order valence-electron chi connectivity index (χ3n) is 3.92. The summed E-state index contributed by atoms with van der Waals surface area (Å²) in [4.78, 5) is 11.5. The maximum atomic E-state index is 11.5. The average Bonchev–Trinajstić information content (AvgIpc) is 2.61. The molecule has 0 aromatic rings. The number of hydrogen-bond donors (Lipinski definition) is 1. The van der Waals surface area contributed by atoms with Crippen LogP contribution < -0.4 is 5.73 Å². The van der Waals surface area contributed by atoms with E-state index in [-0.39, 0.29) is 11.3 Å². The summed E-state index contributed by atoms with van der Waals surface area (Å²) in [6.07, 6.45) is 6.55. The van der Waals surface area contributed by atoms with E-state index in [9.17, 15) is 4.79 Å². The first-order chi connectivity index (χ1) is 6.07. The Hall–Kier alpha value is -0.790. The molecule has 0 spiro atoms. The lowest BCUT2D eigenvalue weighted by molar-refractivity contribution is -0.132. The van der Waals surface area contributed by atoms with Gasteiger partial charge in [0.15, 0.2) is 0 Å². The van der Waals surface area contributed by atoms with Crippen LogP contribution in [-0.4, -0.2) is 5.91 Å². The lowest BCUT2D eigenvalue weighted by Crippen LogP contribution is -2.44. The molecule has 0 saturated heterocycles. The van der Waals surface area contributed by atoms with Crippen LogP contribution in [0.3, 0.4) is 0 Å². The molecule has 2 N–H and O–H groups in total. The predicted octanol–water partition coefficient (Wildman–Crippen LogP) is 1.71. The van der Waals surface area contributed by atoms with Gasteiger partial charge in [-0.2, -0.15) is 0 Å². The Labute approximate surface area is 79.2 Å². The van der Waals surface area contributed by atoms with Crippen LogP contribution in [0.5, 0.6) is 0 Å². The van der Waals surface area contributed by atoms with E-state index >= 15 is 0 Å². The summed E-state index contributed by atoms with van der Waals surface area (Å²) in [5.41, 5.74) is 5.31. The zero-order valence-corrected chi connectivity index (χ0v) is 8.29. The van der Waals surface area contributed by atoms with Gasteiger partial charge in [-0.3, -0.25) is 4.79 Å². The molecule has 1 saturated carbocycles. The van der Waals surface area contributed by atoms with Crippen molar-refractivity contribution in [1.82, 2.24) is 0 Å². The van der Waals surface area contributed by atoms with Gasteiger partial charge in [0.2, 0.25) is 5.91 Å². The molecule has 0 unspecified atom stereocenters. The number of allylic oxidation sites excluding steroid dienone is 2. The Kier molecular flexibility index (Phi) is 1.76. The van der Waals surface area contributed by atoms with Crippen LogP contribution in [0.15, 0.2) is 12.2 Å². The van der Waals surface area contributed by atoms with E-state index in [2.05, 4.69) is 26.0 Å². The van der Waals surface area contributed by atoms with Gasteiger partial charge in [0.05, 0.1) is 5.41 Å². The fourth-order valence-corrected chi connectivity index (χ4v) is 3.12. The van der Waals surface area contributed by atoms with Crippen molar-refractivity contribution in [2.75, 3.05) is 0 Å². The van der Waals surface area contributed by atoms with E-state index in [0.717, 1.165) is 12.8 Å². The maximum Gasteiger partial charge on any atom is 0.224 e. The Morgan fingerprint density at radius 2 is 2.23 bits per heavy atom. The normalized spacial score (nSPS) is 41.8. The summed E-state index contributed by atoms with van der Waals surface area (Å²) in [5, 5.41) is 0. The monoisotopic (exact) mass is 179 g/mol. The molecule has 1 amide bonds. The van der Waals surface area contributed by atoms with Crippen molar-refractivity contribution in [3.8, 4) is 0 Å².